The molecule has 10 nitrogen and oxygen atoms in total. The minimum atomic E-state index is -4.63. The number of benzene rings is 4. The molecule has 0 aromatic heterocycles. The van der Waals surface area contributed by atoms with Gasteiger partial charge in [-0.25, -0.2) is 8.42 Å². The molecular formula is C48H66CaO10S2. The molecule has 0 saturated carbocycles. The average molecular weight is 907 g/mol. The van der Waals surface area contributed by atoms with Gasteiger partial charge in [0.15, 0.2) is 11.5 Å². The molecule has 4 aromatic carbocycles. The third-order valence-electron chi connectivity index (χ3n) is 10.4. The van der Waals surface area contributed by atoms with Crippen LogP contribution in [0.1, 0.15) is 153 Å². The number of phenolic OH excluding ortho intramolecular Hbond substituents is 1. The van der Waals surface area contributed by atoms with Crippen LogP contribution >= 0.6 is 0 Å². The molecule has 0 aliphatic heterocycles. The van der Waals surface area contributed by atoms with Gasteiger partial charge in [-0.15, -0.1) is 0 Å². The monoisotopic (exact) mass is 906 g/mol. The second-order valence-corrected chi connectivity index (χ2v) is 18.1. The van der Waals surface area contributed by atoms with Gasteiger partial charge in [0.25, 0.3) is 10.1 Å². The van der Waals surface area contributed by atoms with E-state index in [9.17, 15) is 36.2 Å². The molecule has 0 unspecified atom stereocenters. The third kappa shape index (κ3) is 20.9. The second kappa shape index (κ2) is 30.3. The Morgan fingerprint density at radius 1 is 0.475 bits per heavy atom. The minimum absolute atomic E-state index is 0. The van der Waals surface area contributed by atoms with Crippen molar-refractivity contribution in [2.45, 2.75) is 165 Å². The maximum atomic E-state index is 12.0. The van der Waals surface area contributed by atoms with Gasteiger partial charge in [-0.3, -0.25) is 4.55 Å². The molecule has 0 heterocycles. The molecule has 4 rings (SSSR count). The first-order valence-corrected chi connectivity index (χ1v) is 24.8. The molecule has 0 aliphatic rings. The summed E-state index contributed by atoms with van der Waals surface area (Å²) >= 11 is 0. The number of phenols is 1. The fourth-order valence-corrected chi connectivity index (χ4v) is 8.66. The summed E-state index contributed by atoms with van der Waals surface area (Å²) in [5.74, 6) is 0.627. The van der Waals surface area contributed by atoms with Crippen molar-refractivity contribution < 1.29 is 45.6 Å². The van der Waals surface area contributed by atoms with Crippen molar-refractivity contribution in [3.63, 3.8) is 0 Å². The smallest absolute Gasteiger partial charge is 0.870 e. The van der Waals surface area contributed by atoms with Crippen molar-refractivity contribution in [2.24, 2.45) is 0 Å². The van der Waals surface area contributed by atoms with Crippen LogP contribution < -0.4 is 14.6 Å². The van der Waals surface area contributed by atoms with Crippen molar-refractivity contribution in [1.29, 1.82) is 0 Å². The maximum Gasteiger partial charge on any atom is 2.00 e. The zero-order valence-electron chi connectivity index (χ0n) is 36.3. The van der Waals surface area contributed by atoms with Crippen molar-refractivity contribution in [1.82, 2.24) is 0 Å². The third-order valence-corrected chi connectivity index (χ3v) is 12.3. The standard InChI is InChI=1S/2C24H34O5S.Ca/c2*1-2-3-4-5-6-7-8-9-10-11-15-20-22(18-14-19-24(20)30(26,27)28)29-23-17-13-12-16-21(23)25;/h2*12-14,16-19,25H,2-11,15H2,1H3,(H,26,27,28);/q;;+2/p-2. The van der Waals surface area contributed by atoms with E-state index >= 15 is 0 Å². The molecule has 0 spiro atoms. The molecule has 0 amide bonds. The molecule has 0 fully saturated rings. The van der Waals surface area contributed by atoms with Gasteiger partial charge in [-0.05, 0) is 68.1 Å². The Bertz CT molecular complexity index is 1910. The van der Waals surface area contributed by atoms with Crippen LogP contribution in [-0.2, 0) is 33.1 Å². The molecule has 0 radical (unpaired) electrons. The second-order valence-electron chi connectivity index (χ2n) is 15.4. The van der Waals surface area contributed by atoms with E-state index in [2.05, 4.69) is 13.8 Å². The molecule has 0 aliphatic carbocycles. The van der Waals surface area contributed by atoms with Gasteiger partial charge in [-0.2, -0.15) is 8.42 Å². The van der Waals surface area contributed by atoms with Crippen molar-refractivity contribution in [2.75, 3.05) is 0 Å². The van der Waals surface area contributed by atoms with E-state index in [1.165, 1.54) is 132 Å². The molecule has 61 heavy (non-hydrogen) atoms. The zero-order valence-corrected chi connectivity index (χ0v) is 40.2. The molecule has 332 valence electrons. The summed E-state index contributed by atoms with van der Waals surface area (Å²) in [6.45, 7) is 4.44. The van der Waals surface area contributed by atoms with Gasteiger partial charge in [0, 0.05) is 11.1 Å². The van der Waals surface area contributed by atoms with Crippen molar-refractivity contribution in [3.8, 4) is 34.5 Å². The summed E-state index contributed by atoms with van der Waals surface area (Å²) in [7, 11) is -8.99. The number of rotatable bonds is 28. The Kier molecular flexibility index (Phi) is 27.0. The Morgan fingerprint density at radius 2 is 0.836 bits per heavy atom. The Morgan fingerprint density at radius 3 is 1.26 bits per heavy atom. The van der Waals surface area contributed by atoms with Crippen LogP contribution in [0.15, 0.2) is 94.7 Å². The predicted molar refractivity (Wildman–Crippen MR) is 242 cm³/mol. The first-order chi connectivity index (χ1) is 28.9. The average Bonchev–Trinajstić information content (AvgIpc) is 3.21. The Hall–Kier alpha value is -2.84. The number of para-hydroxylation sites is 4. The summed E-state index contributed by atoms with van der Waals surface area (Å²) in [4.78, 5) is -0.398. The fourth-order valence-electron chi connectivity index (χ4n) is 7.14. The van der Waals surface area contributed by atoms with Crippen LogP contribution in [0.25, 0.3) is 0 Å². The maximum absolute atomic E-state index is 12.0. The fraction of sp³-hybridized carbons (Fsp3) is 0.500. The van der Waals surface area contributed by atoms with Crippen LogP contribution in [0.5, 0.6) is 34.5 Å². The summed E-state index contributed by atoms with van der Waals surface area (Å²) in [5.41, 5.74) is 0.804. The molecule has 0 atom stereocenters. The number of unbranched alkanes of at least 4 members (excludes halogenated alkanes) is 18. The van der Waals surface area contributed by atoms with Crippen LogP contribution in [-0.4, -0.2) is 68.8 Å². The van der Waals surface area contributed by atoms with Crippen molar-refractivity contribution >= 4 is 58.0 Å². The van der Waals surface area contributed by atoms with E-state index in [1.54, 1.807) is 42.5 Å². The van der Waals surface area contributed by atoms with Crippen molar-refractivity contribution in [3.05, 3.63) is 96.1 Å². The molecule has 4 aromatic rings. The molecule has 0 saturated heterocycles. The Balaban J connectivity index is 0.000000413. The largest absolute Gasteiger partial charge is 2.00 e. The van der Waals surface area contributed by atoms with Gasteiger partial charge in [0.1, 0.15) is 32.3 Å². The van der Waals surface area contributed by atoms with E-state index in [4.69, 9.17) is 9.47 Å². The normalized spacial score (nSPS) is 11.3. The van der Waals surface area contributed by atoms with Gasteiger partial charge < -0.3 is 24.2 Å². The SMILES string of the molecule is CCCCCCCCCCCCc1c(Oc2ccccc2O)cccc1S(=O)(=O)O.CCCCCCCCCCCCc1c(Oc2ccccc2[O-])cccc1S(=O)(=O)[O-].[Ca+2]. The van der Waals surface area contributed by atoms with E-state index in [-0.39, 0.29) is 76.3 Å². The molecule has 2 N–H and O–H groups in total. The van der Waals surface area contributed by atoms with Gasteiger partial charge in [0.05, 0.1) is 4.90 Å². The minimum Gasteiger partial charge on any atom is -0.870 e. The van der Waals surface area contributed by atoms with Crippen LogP contribution in [0, 0.1) is 0 Å². The van der Waals surface area contributed by atoms with E-state index in [0.29, 0.717) is 29.7 Å². The topological polar surface area (TPSA) is 173 Å². The van der Waals surface area contributed by atoms with E-state index in [0.717, 1.165) is 38.5 Å². The number of hydrogen-bond donors (Lipinski definition) is 2. The number of ether oxygens (including phenoxy) is 2. The van der Waals surface area contributed by atoms with Gasteiger partial charge in [0.2, 0.25) is 0 Å². The Labute approximate surface area is 396 Å². The van der Waals surface area contributed by atoms with E-state index < -0.39 is 20.2 Å². The molecular weight excluding hydrogens is 841 g/mol. The van der Waals surface area contributed by atoms with E-state index in [1.807, 2.05) is 0 Å². The quantitative estimate of drug-likeness (QED) is 0.0317. The molecule has 13 heteroatoms. The summed E-state index contributed by atoms with van der Waals surface area (Å²) in [6.07, 6.45) is 24.4. The summed E-state index contributed by atoms with van der Waals surface area (Å²) < 4.78 is 80.1. The van der Waals surface area contributed by atoms with Gasteiger partial charge in [-0.1, -0.05) is 178 Å². The predicted octanol–water partition coefficient (Wildman–Crippen LogP) is 12.4. The van der Waals surface area contributed by atoms with Crippen LogP contribution in [0.2, 0.25) is 0 Å². The van der Waals surface area contributed by atoms with Crippen LogP contribution in [0.4, 0.5) is 0 Å². The first kappa shape index (κ1) is 54.3. The zero-order chi connectivity index (χ0) is 43.6. The number of hydrogen-bond acceptors (Lipinski definition) is 9. The number of aromatic hydroxyl groups is 1. The summed E-state index contributed by atoms with van der Waals surface area (Å²) in [6, 6.07) is 21.7. The van der Waals surface area contributed by atoms with Crippen LogP contribution in [0.3, 0.4) is 0 Å². The molecule has 0 bridgehead atoms. The first-order valence-electron chi connectivity index (χ1n) is 21.9. The summed E-state index contributed by atoms with van der Waals surface area (Å²) in [5, 5.41) is 21.9. The van der Waals surface area contributed by atoms with Gasteiger partial charge >= 0.3 is 37.7 Å².